The van der Waals surface area contributed by atoms with Crippen molar-refractivity contribution < 1.29 is 14.6 Å². The molecule has 0 bridgehead atoms. The highest BCUT2D eigenvalue weighted by Crippen LogP contribution is 2.37. The number of carbonyl (C=O) groups is 1. The molecule has 5 heteroatoms. The minimum atomic E-state index is -0.240. The van der Waals surface area contributed by atoms with Crippen LogP contribution in [0.25, 0.3) is 0 Å². The van der Waals surface area contributed by atoms with Crippen molar-refractivity contribution in [2.75, 3.05) is 19.7 Å². The zero-order valence-corrected chi connectivity index (χ0v) is 18.5. The van der Waals surface area contributed by atoms with E-state index in [2.05, 4.69) is 47.6 Å². The summed E-state index contributed by atoms with van der Waals surface area (Å²) in [5.74, 6) is 0.313. The van der Waals surface area contributed by atoms with Crippen molar-refractivity contribution in [3.8, 4) is 5.75 Å². The highest BCUT2D eigenvalue weighted by atomic mass is 16.6. The van der Waals surface area contributed by atoms with E-state index in [0.29, 0.717) is 25.4 Å². The normalized spacial score (nSPS) is 16.6. The molecule has 5 nitrogen and oxygen atoms in total. The number of hydrogen-bond donors (Lipinski definition) is 1. The van der Waals surface area contributed by atoms with Crippen LogP contribution in [0.15, 0.2) is 17.1 Å². The molecule has 1 fully saturated rings. The second-order valence-electron chi connectivity index (χ2n) is 9.66. The van der Waals surface area contributed by atoms with E-state index < -0.39 is 0 Å². The van der Waals surface area contributed by atoms with E-state index in [-0.39, 0.29) is 23.0 Å². The van der Waals surface area contributed by atoms with Crippen molar-refractivity contribution in [2.45, 2.75) is 78.2 Å². The predicted molar refractivity (Wildman–Crippen MR) is 115 cm³/mol. The van der Waals surface area contributed by atoms with Gasteiger partial charge in [-0.15, -0.1) is 0 Å². The standard InChI is InChI=1S/C23H36N2O3/c1-8-28-21(27)25-11-9-18(10-12-25)24-15-16-13-17(22(2,3)4)14-19(20(16)26)23(5,6)7/h13-15,18,26H,8-12H2,1-7H3. The lowest BCUT2D eigenvalue weighted by Gasteiger charge is -2.29. The maximum Gasteiger partial charge on any atom is 0.409 e. The molecule has 1 N–H and O–H groups in total. The second-order valence-corrected chi connectivity index (χ2v) is 9.66. The molecule has 1 aliphatic heterocycles. The maximum atomic E-state index is 11.8. The summed E-state index contributed by atoms with van der Waals surface area (Å²) in [5, 5.41) is 10.9. The molecule has 0 atom stereocenters. The fourth-order valence-corrected chi connectivity index (χ4v) is 3.36. The summed E-state index contributed by atoms with van der Waals surface area (Å²) in [5.41, 5.74) is 2.73. The Kier molecular flexibility index (Phi) is 6.79. The molecule has 1 amide bonds. The number of carbonyl (C=O) groups excluding carboxylic acids is 1. The summed E-state index contributed by atoms with van der Waals surface area (Å²) in [4.78, 5) is 18.3. The van der Waals surface area contributed by atoms with E-state index in [1.165, 1.54) is 5.56 Å². The van der Waals surface area contributed by atoms with Crippen LogP contribution in [0.1, 0.15) is 78.0 Å². The predicted octanol–water partition coefficient (Wildman–Crippen LogP) is 5.03. The number of phenols is 1. The van der Waals surface area contributed by atoms with Gasteiger partial charge in [0.15, 0.2) is 0 Å². The SMILES string of the molecule is CCOC(=O)N1CCC(N=Cc2cc(C(C)(C)C)cc(C(C)(C)C)c2O)CC1. The molecule has 28 heavy (non-hydrogen) atoms. The third kappa shape index (κ3) is 5.49. The first-order valence-corrected chi connectivity index (χ1v) is 10.3. The summed E-state index contributed by atoms with van der Waals surface area (Å²) in [6.07, 6.45) is 3.18. The number of phenolic OH excluding ortho intramolecular Hbond substituents is 1. The van der Waals surface area contributed by atoms with Gasteiger partial charge in [0.1, 0.15) is 5.75 Å². The van der Waals surface area contributed by atoms with Crippen LogP contribution in [0.5, 0.6) is 5.75 Å². The van der Waals surface area contributed by atoms with Crippen LogP contribution in [0, 0.1) is 0 Å². The number of aliphatic imine (C=N–C) groups is 1. The average Bonchev–Trinajstić information content (AvgIpc) is 2.59. The lowest BCUT2D eigenvalue weighted by atomic mass is 9.79. The first-order chi connectivity index (χ1) is 12.9. The van der Waals surface area contributed by atoms with Crippen LogP contribution in [-0.4, -0.2) is 48.1 Å². The molecule has 0 aromatic heterocycles. The van der Waals surface area contributed by atoms with Gasteiger partial charge in [0, 0.05) is 30.4 Å². The van der Waals surface area contributed by atoms with Crippen LogP contribution in [0.3, 0.4) is 0 Å². The lowest BCUT2D eigenvalue weighted by molar-refractivity contribution is 0.0975. The molecule has 0 radical (unpaired) electrons. The Labute approximate surface area is 169 Å². The topological polar surface area (TPSA) is 62.1 Å². The van der Waals surface area contributed by atoms with Crippen LogP contribution in [0.4, 0.5) is 4.79 Å². The van der Waals surface area contributed by atoms with Crippen molar-refractivity contribution in [2.24, 2.45) is 4.99 Å². The van der Waals surface area contributed by atoms with Gasteiger partial charge in [0.05, 0.1) is 12.6 Å². The largest absolute Gasteiger partial charge is 0.507 e. The molecule has 1 saturated heterocycles. The van der Waals surface area contributed by atoms with Crippen LogP contribution in [0.2, 0.25) is 0 Å². The lowest BCUT2D eigenvalue weighted by Crippen LogP contribution is -2.40. The number of hydrogen-bond acceptors (Lipinski definition) is 4. The van der Waals surface area contributed by atoms with E-state index in [0.717, 1.165) is 24.0 Å². The molecule has 2 rings (SSSR count). The zero-order chi connectivity index (χ0) is 21.1. The molecule has 1 aliphatic rings. The number of nitrogens with zero attached hydrogens (tertiary/aromatic N) is 2. The van der Waals surface area contributed by atoms with Crippen molar-refractivity contribution in [1.29, 1.82) is 0 Å². The molecule has 0 unspecified atom stereocenters. The van der Waals surface area contributed by atoms with E-state index >= 15 is 0 Å². The fourth-order valence-electron chi connectivity index (χ4n) is 3.36. The summed E-state index contributed by atoms with van der Waals surface area (Å²) in [6, 6.07) is 4.31. The van der Waals surface area contributed by atoms with E-state index in [1.807, 2.05) is 19.2 Å². The highest BCUT2D eigenvalue weighted by molar-refractivity contribution is 5.85. The number of piperidine rings is 1. The van der Waals surface area contributed by atoms with Crippen LogP contribution in [-0.2, 0) is 15.6 Å². The summed E-state index contributed by atoms with van der Waals surface area (Å²) >= 11 is 0. The molecular weight excluding hydrogens is 352 g/mol. The summed E-state index contributed by atoms with van der Waals surface area (Å²) in [6.45, 7) is 16.4. The molecule has 0 aliphatic carbocycles. The molecular formula is C23H36N2O3. The Morgan fingerprint density at radius 3 is 2.29 bits per heavy atom. The van der Waals surface area contributed by atoms with Gasteiger partial charge < -0.3 is 14.7 Å². The maximum absolute atomic E-state index is 11.8. The van der Waals surface area contributed by atoms with Gasteiger partial charge in [0.2, 0.25) is 0 Å². The van der Waals surface area contributed by atoms with Gasteiger partial charge in [-0.3, -0.25) is 4.99 Å². The van der Waals surface area contributed by atoms with Gasteiger partial charge >= 0.3 is 6.09 Å². The van der Waals surface area contributed by atoms with Crippen molar-refractivity contribution >= 4 is 12.3 Å². The highest BCUT2D eigenvalue weighted by Gasteiger charge is 2.25. The number of ether oxygens (including phenoxy) is 1. The Morgan fingerprint density at radius 1 is 1.18 bits per heavy atom. The quantitative estimate of drug-likeness (QED) is 0.739. The van der Waals surface area contributed by atoms with Gasteiger partial charge in [0.25, 0.3) is 0 Å². The Morgan fingerprint density at radius 2 is 1.79 bits per heavy atom. The van der Waals surface area contributed by atoms with Gasteiger partial charge in [-0.2, -0.15) is 0 Å². The molecule has 1 aromatic rings. The molecule has 0 saturated carbocycles. The second kappa shape index (κ2) is 8.54. The van der Waals surface area contributed by atoms with Crippen molar-refractivity contribution in [1.82, 2.24) is 4.90 Å². The van der Waals surface area contributed by atoms with Gasteiger partial charge in [-0.25, -0.2) is 4.79 Å². The Balaban J connectivity index is 2.21. The molecule has 156 valence electrons. The van der Waals surface area contributed by atoms with Crippen LogP contribution < -0.4 is 0 Å². The van der Waals surface area contributed by atoms with E-state index in [9.17, 15) is 9.90 Å². The van der Waals surface area contributed by atoms with Gasteiger partial charge in [-0.1, -0.05) is 47.6 Å². The smallest absolute Gasteiger partial charge is 0.409 e. The molecule has 0 spiro atoms. The Hall–Kier alpha value is -2.04. The molecule has 1 aromatic carbocycles. The monoisotopic (exact) mass is 388 g/mol. The Bertz CT molecular complexity index is 719. The average molecular weight is 389 g/mol. The third-order valence-corrected chi connectivity index (χ3v) is 5.23. The number of rotatable bonds is 3. The summed E-state index contributed by atoms with van der Waals surface area (Å²) in [7, 11) is 0. The van der Waals surface area contributed by atoms with Crippen LogP contribution >= 0.6 is 0 Å². The number of benzene rings is 1. The molecule has 1 heterocycles. The number of aromatic hydroxyl groups is 1. The minimum Gasteiger partial charge on any atom is -0.507 e. The van der Waals surface area contributed by atoms with Crippen molar-refractivity contribution in [3.63, 3.8) is 0 Å². The first kappa shape index (κ1) is 22.3. The number of amides is 1. The minimum absolute atomic E-state index is 0.0126. The fraction of sp³-hybridized carbons (Fsp3) is 0.652. The first-order valence-electron chi connectivity index (χ1n) is 10.3. The van der Waals surface area contributed by atoms with E-state index in [4.69, 9.17) is 9.73 Å². The van der Waals surface area contributed by atoms with Gasteiger partial charge in [-0.05, 0) is 42.2 Å². The van der Waals surface area contributed by atoms with E-state index in [1.54, 1.807) is 4.90 Å². The van der Waals surface area contributed by atoms with Crippen molar-refractivity contribution in [3.05, 3.63) is 28.8 Å². The zero-order valence-electron chi connectivity index (χ0n) is 18.5. The number of likely N-dealkylation sites (tertiary alicyclic amines) is 1. The summed E-state index contributed by atoms with van der Waals surface area (Å²) < 4.78 is 5.07. The third-order valence-electron chi connectivity index (χ3n) is 5.23.